The summed E-state index contributed by atoms with van der Waals surface area (Å²) in [6.45, 7) is 2.81. The number of nitrogens with zero attached hydrogens (tertiary/aromatic N) is 1. The van der Waals surface area contributed by atoms with Crippen LogP contribution < -0.4 is 5.32 Å². The standard InChI is InChI=1S/C12H12Cl2N2S/c1-8(9-3-2-4-10(13)5-9)15-7-12-16-6-11(14)17-12/h2-6,8,15H,7H2,1H3/t8-/m0/s1. The average Bonchev–Trinajstić information content (AvgIpc) is 2.72. The van der Waals surface area contributed by atoms with Crippen molar-refractivity contribution in [1.29, 1.82) is 0 Å². The minimum Gasteiger partial charge on any atom is -0.304 e. The van der Waals surface area contributed by atoms with Crippen molar-refractivity contribution in [3.8, 4) is 0 Å². The van der Waals surface area contributed by atoms with E-state index in [0.717, 1.165) is 14.4 Å². The van der Waals surface area contributed by atoms with E-state index in [0.29, 0.717) is 6.54 Å². The molecule has 0 saturated heterocycles. The third-order valence-corrected chi connectivity index (χ3v) is 3.78. The Bertz CT molecular complexity index is 499. The minimum atomic E-state index is 0.233. The number of rotatable bonds is 4. The Morgan fingerprint density at radius 3 is 2.88 bits per heavy atom. The number of benzene rings is 1. The van der Waals surface area contributed by atoms with Gasteiger partial charge in [0.15, 0.2) is 0 Å². The van der Waals surface area contributed by atoms with Gasteiger partial charge in [-0.1, -0.05) is 35.3 Å². The molecular weight excluding hydrogens is 275 g/mol. The predicted molar refractivity (Wildman–Crippen MR) is 73.8 cm³/mol. The fraction of sp³-hybridized carbons (Fsp3) is 0.250. The Morgan fingerprint density at radius 2 is 2.24 bits per heavy atom. The molecule has 0 radical (unpaired) electrons. The van der Waals surface area contributed by atoms with Gasteiger partial charge in [-0.25, -0.2) is 4.98 Å². The van der Waals surface area contributed by atoms with Crippen LogP contribution >= 0.6 is 34.5 Å². The van der Waals surface area contributed by atoms with Crippen molar-refractivity contribution < 1.29 is 0 Å². The lowest BCUT2D eigenvalue weighted by atomic mass is 10.1. The van der Waals surface area contributed by atoms with Gasteiger partial charge in [0.25, 0.3) is 0 Å². The molecule has 0 saturated carbocycles. The number of hydrogen-bond acceptors (Lipinski definition) is 3. The highest BCUT2D eigenvalue weighted by Gasteiger charge is 2.06. The summed E-state index contributed by atoms with van der Waals surface area (Å²) in [6.07, 6.45) is 1.67. The zero-order chi connectivity index (χ0) is 12.3. The molecule has 2 aromatic rings. The van der Waals surface area contributed by atoms with Crippen LogP contribution in [0.3, 0.4) is 0 Å². The molecule has 1 aromatic carbocycles. The monoisotopic (exact) mass is 286 g/mol. The fourth-order valence-corrected chi connectivity index (χ4v) is 2.61. The van der Waals surface area contributed by atoms with E-state index in [4.69, 9.17) is 23.2 Å². The lowest BCUT2D eigenvalue weighted by Gasteiger charge is -2.13. The summed E-state index contributed by atoms with van der Waals surface area (Å²) in [5.74, 6) is 0. The molecular formula is C12H12Cl2N2S. The molecule has 0 amide bonds. The number of aromatic nitrogens is 1. The summed E-state index contributed by atoms with van der Waals surface area (Å²) in [7, 11) is 0. The smallest absolute Gasteiger partial charge is 0.113 e. The first-order chi connectivity index (χ1) is 8.15. The van der Waals surface area contributed by atoms with Crippen LogP contribution in [0.25, 0.3) is 0 Å². The molecule has 17 heavy (non-hydrogen) atoms. The highest BCUT2D eigenvalue weighted by Crippen LogP contribution is 2.20. The van der Waals surface area contributed by atoms with E-state index in [1.165, 1.54) is 16.9 Å². The van der Waals surface area contributed by atoms with Gasteiger partial charge in [-0.2, -0.15) is 0 Å². The molecule has 1 aromatic heterocycles. The van der Waals surface area contributed by atoms with Crippen molar-refractivity contribution in [2.24, 2.45) is 0 Å². The molecule has 0 fully saturated rings. The van der Waals surface area contributed by atoms with Gasteiger partial charge in [0.2, 0.25) is 0 Å². The maximum Gasteiger partial charge on any atom is 0.113 e. The van der Waals surface area contributed by atoms with Gasteiger partial charge >= 0.3 is 0 Å². The van der Waals surface area contributed by atoms with Crippen LogP contribution in [0, 0.1) is 0 Å². The molecule has 0 bridgehead atoms. The highest BCUT2D eigenvalue weighted by atomic mass is 35.5. The first kappa shape index (κ1) is 12.8. The van der Waals surface area contributed by atoms with E-state index in [1.807, 2.05) is 18.2 Å². The van der Waals surface area contributed by atoms with Gasteiger partial charge in [-0.05, 0) is 24.6 Å². The SMILES string of the molecule is C[C@H](NCc1ncc(Cl)s1)c1cccc(Cl)c1. The van der Waals surface area contributed by atoms with Crippen LogP contribution in [0.2, 0.25) is 9.36 Å². The molecule has 1 atom stereocenters. The molecule has 0 spiro atoms. The molecule has 0 aliphatic rings. The first-order valence-corrected chi connectivity index (χ1v) is 6.81. The first-order valence-electron chi connectivity index (χ1n) is 5.24. The molecule has 1 N–H and O–H groups in total. The van der Waals surface area contributed by atoms with E-state index >= 15 is 0 Å². The average molecular weight is 287 g/mol. The van der Waals surface area contributed by atoms with Crippen LogP contribution in [0.5, 0.6) is 0 Å². The summed E-state index contributed by atoms with van der Waals surface area (Å²) in [6, 6.07) is 8.08. The summed E-state index contributed by atoms with van der Waals surface area (Å²) >= 11 is 13.3. The van der Waals surface area contributed by atoms with Gasteiger partial charge in [-0.15, -0.1) is 11.3 Å². The second-order valence-corrected chi connectivity index (χ2v) is 5.90. The zero-order valence-electron chi connectivity index (χ0n) is 9.28. The number of halogens is 2. The highest BCUT2D eigenvalue weighted by molar-refractivity contribution is 7.15. The Morgan fingerprint density at radius 1 is 1.41 bits per heavy atom. The summed E-state index contributed by atoms with van der Waals surface area (Å²) < 4.78 is 0.720. The zero-order valence-corrected chi connectivity index (χ0v) is 11.6. The van der Waals surface area contributed by atoms with Crippen LogP contribution in [-0.4, -0.2) is 4.98 Å². The predicted octanol–water partition coefficient (Wildman–Crippen LogP) is 4.30. The van der Waals surface area contributed by atoms with E-state index in [-0.39, 0.29) is 6.04 Å². The maximum atomic E-state index is 5.95. The maximum absolute atomic E-state index is 5.95. The molecule has 1 heterocycles. The molecule has 90 valence electrons. The minimum absolute atomic E-state index is 0.233. The number of hydrogen-bond donors (Lipinski definition) is 1. The molecule has 5 heteroatoms. The third-order valence-electron chi connectivity index (χ3n) is 2.43. The van der Waals surface area contributed by atoms with Gasteiger partial charge in [0.1, 0.15) is 9.34 Å². The Kier molecular flexibility index (Phi) is 4.40. The van der Waals surface area contributed by atoms with Crippen molar-refractivity contribution in [3.05, 3.63) is 50.4 Å². The third kappa shape index (κ3) is 3.68. The van der Waals surface area contributed by atoms with Crippen molar-refractivity contribution in [1.82, 2.24) is 10.3 Å². The Balaban J connectivity index is 1.95. The van der Waals surface area contributed by atoms with E-state index in [9.17, 15) is 0 Å². The van der Waals surface area contributed by atoms with Crippen molar-refractivity contribution in [2.75, 3.05) is 0 Å². The number of thiazole rings is 1. The summed E-state index contributed by atoms with van der Waals surface area (Å²) in [5, 5.41) is 5.13. The second-order valence-electron chi connectivity index (χ2n) is 3.72. The molecule has 2 nitrogen and oxygen atoms in total. The van der Waals surface area contributed by atoms with Gasteiger partial charge in [0, 0.05) is 17.6 Å². The van der Waals surface area contributed by atoms with Crippen molar-refractivity contribution >= 4 is 34.5 Å². The second kappa shape index (κ2) is 5.83. The summed E-state index contributed by atoms with van der Waals surface area (Å²) in [4.78, 5) is 4.20. The van der Waals surface area contributed by atoms with E-state index in [1.54, 1.807) is 6.20 Å². The van der Waals surface area contributed by atoms with Gasteiger partial charge < -0.3 is 5.32 Å². The van der Waals surface area contributed by atoms with Crippen LogP contribution in [0.15, 0.2) is 30.5 Å². The molecule has 0 aliphatic carbocycles. The molecule has 0 aliphatic heterocycles. The van der Waals surface area contributed by atoms with Crippen molar-refractivity contribution in [2.45, 2.75) is 19.5 Å². The Labute approximate surface area is 115 Å². The quantitative estimate of drug-likeness (QED) is 0.906. The van der Waals surface area contributed by atoms with Crippen LogP contribution in [-0.2, 0) is 6.54 Å². The van der Waals surface area contributed by atoms with E-state index in [2.05, 4.69) is 23.3 Å². The van der Waals surface area contributed by atoms with E-state index < -0.39 is 0 Å². The normalized spacial score (nSPS) is 12.6. The van der Waals surface area contributed by atoms with Gasteiger partial charge in [0.05, 0.1) is 6.20 Å². The molecule has 0 unspecified atom stereocenters. The summed E-state index contributed by atoms with van der Waals surface area (Å²) in [5.41, 5.74) is 1.17. The Hall–Kier alpha value is -0.610. The topological polar surface area (TPSA) is 24.9 Å². The van der Waals surface area contributed by atoms with Crippen LogP contribution in [0.1, 0.15) is 23.5 Å². The lowest BCUT2D eigenvalue weighted by molar-refractivity contribution is 0.573. The van der Waals surface area contributed by atoms with Crippen molar-refractivity contribution in [3.63, 3.8) is 0 Å². The molecule has 2 rings (SSSR count). The lowest BCUT2D eigenvalue weighted by Crippen LogP contribution is -2.17. The number of nitrogens with one attached hydrogen (secondary N) is 1. The fourth-order valence-electron chi connectivity index (χ4n) is 1.50. The largest absolute Gasteiger partial charge is 0.304 e. The van der Waals surface area contributed by atoms with Crippen LogP contribution in [0.4, 0.5) is 0 Å². The van der Waals surface area contributed by atoms with Gasteiger partial charge in [-0.3, -0.25) is 0 Å².